The van der Waals surface area contributed by atoms with Crippen LogP contribution in [0.3, 0.4) is 0 Å². The van der Waals surface area contributed by atoms with Crippen LogP contribution in [-0.4, -0.2) is 31.7 Å². The first kappa shape index (κ1) is 18.6. The minimum Gasteiger partial charge on any atom is -0.507 e. The molecule has 6 heteroatoms. The molecule has 6 nitrogen and oxygen atoms in total. The highest BCUT2D eigenvalue weighted by atomic mass is 16.3. The molecular formula is C23H19N3O3. The average molecular weight is 385 g/mol. The van der Waals surface area contributed by atoms with Crippen LogP contribution in [0.2, 0.25) is 0 Å². The predicted molar refractivity (Wildman–Crippen MR) is 107 cm³/mol. The maximum absolute atomic E-state index is 12.9. The summed E-state index contributed by atoms with van der Waals surface area (Å²) in [5.74, 6) is -1.59. The van der Waals surface area contributed by atoms with Crippen molar-refractivity contribution in [1.29, 1.82) is 0 Å². The lowest BCUT2D eigenvalue weighted by molar-refractivity contribution is -0.140. The Morgan fingerprint density at radius 3 is 2.48 bits per heavy atom. The zero-order valence-electron chi connectivity index (χ0n) is 15.8. The van der Waals surface area contributed by atoms with Crippen LogP contribution in [-0.2, 0) is 16.1 Å². The summed E-state index contributed by atoms with van der Waals surface area (Å²) in [4.78, 5) is 35.7. The van der Waals surface area contributed by atoms with Crippen LogP contribution >= 0.6 is 0 Å². The van der Waals surface area contributed by atoms with Gasteiger partial charge in [0, 0.05) is 30.7 Å². The van der Waals surface area contributed by atoms with Crippen LogP contribution in [0, 0.1) is 6.92 Å². The zero-order chi connectivity index (χ0) is 20.4. The molecule has 0 bridgehead atoms. The Balaban J connectivity index is 1.85. The van der Waals surface area contributed by atoms with Gasteiger partial charge < -0.3 is 10.0 Å². The Hall–Kier alpha value is -3.80. The summed E-state index contributed by atoms with van der Waals surface area (Å²) in [7, 11) is 0. The van der Waals surface area contributed by atoms with E-state index in [9.17, 15) is 14.7 Å². The van der Waals surface area contributed by atoms with E-state index in [-0.39, 0.29) is 17.9 Å². The van der Waals surface area contributed by atoms with E-state index in [2.05, 4.69) is 9.97 Å². The van der Waals surface area contributed by atoms with Crippen LogP contribution in [0.25, 0.3) is 5.76 Å². The van der Waals surface area contributed by atoms with Crippen LogP contribution in [0.1, 0.15) is 28.4 Å². The molecule has 3 aromatic rings. The molecule has 1 amide bonds. The van der Waals surface area contributed by atoms with Crippen molar-refractivity contribution >= 4 is 17.4 Å². The molecule has 0 unspecified atom stereocenters. The number of ketones is 1. The largest absolute Gasteiger partial charge is 0.507 e. The number of likely N-dealkylation sites (tertiary alicyclic amines) is 1. The van der Waals surface area contributed by atoms with Gasteiger partial charge in [-0.2, -0.15) is 0 Å². The number of aliphatic hydroxyl groups is 1. The van der Waals surface area contributed by atoms with Crippen LogP contribution < -0.4 is 0 Å². The molecular weight excluding hydrogens is 366 g/mol. The molecule has 0 spiro atoms. The molecule has 1 atom stereocenters. The second-order valence-corrected chi connectivity index (χ2v) is 6.91. The molecule has 1 fully saturated rings. The Kier molecular flexibility index (Phi) is 4.91. The molecule has 1 aliphatic heterocycles. The second kappa shape index (κ2) is 7.67. The Morgan fingerprint density at radius 2 is 1.83 bits per heavy atom. The standard InChI is InChI=1S/C23H19N3O3/c1-15-7-9-17(10-8-15)21(27)19-20(18-6-2-3-12-25-18)26(23(29)22(19)28)14-16-5-4-11-24-13-16/h2-13,20,27H,14H2,1H3/b21-19+/t20-/m0/s1. The van der Waals surface area contributed by atoms with E-state index in [1.807, 2.05) is 25.1 Å². The fourth-order valence-electron chi connectivity index (χ4n) is 3.44. The number of Topliss-reactive ketones (excluding diaryl/α,β-unsaturated/α-hetero) is 1. The number of aliphatic hydroxyl groups excluding tert-OH is 1. The molecule has 4 rings (SSSR count). The maximum Gasteiger partial charge on any atom is 0.296 e. The zero-order valence-corrected chi connectivity index (χ0v) is 15.8. The van der Waals surface area contributed by atoms with Gasteiger partial charge in [-0.25, -0.2) is 0 Å². The summed E-state index contributed by atoms with van der Waals surface area (Å²) in [5, 5.41) is 11.0. The first-order valence-corrected chi connectivity index (χ1v) is 9.21. The fourth-order valence-corrected chi connectivity index (χ4v) is 3.44. The maximum atomic E-state index is 12.9. The number of carbonyl (C=O) groups excluding carboxylic acids is 2. The quantitative estimate of drug-likeness (QED) is 0.423. The van der Waals surface area contributed by atoms with E-state index in [1.54, 1.807) is 55.0 Å². The second-order valence-electron chi connectivity index (χ2n) is 6.91. The molecule has 0 radical (unpaired) electrons. The number of benzene rings is 1. The Bertz CT molecular complexity index is 1080. The van der Waals surface area contributed by atoms with Gasteiger partial charge >= 0.3 is 0 Å². The number of aryl methyl sites for hydroxylation is 1. The van der Waals surface area contributed by atoms with Gasteiger partial charge in [0.05, 0.1) is 11.3 Å². The first-order chi connectivity index (χ1) is 14.1. The predicted octanol–water partition coefficient (Wildman–Crippen LogP) is 3.41. The smallest absolute Gasteiger partial charge is 0.296 e. The minimum atomic E-state index is -0.780. The first-order valence-electron chi connectivity index (χ1n) is 9.21. The molecule has 29 heavy (non-hydrogen) atoms. The number of carbonyl (C=O) groups is 2. The molecule has 1 aliphatic rings. The number of rotatable bonds is 4. The molecule has 1 saturated heterocycles. The topological polar surface area (TPSA) is 83.4 Å². The van der Waals surface area contributed by atoms with Crippen LogP contribution in [0.15, 0.2) is 78.8 Å². The molecule has 2 aromatic heterocycles. The third-order valence-corrected chi connectivity index (χ3v) is 4.91. The monoisotopic (exact) mass is 385 g/mol. The third-order valence-electron chi connectivity index (χ3n) is 4.91. The fraction of sp³-hybridized carbons (Fsp3) is 0.130. The van der Waals surface area contributed by atoms with Crippen LogP contribution in [0.5, 0.6) is 0 Å². The van der Waals surface area contributed by atoms with Gasteiger partial charge in [0.2, 0.25) is 0 Å². The van der Waals surface area contributed by atoms with E-state index in [0.29, 0.717) is 11.3 Å². The van der Waals surface area contributed by atoms with Gasteiger partial charge in [-0.15, -0.1) is 0 Å². The minimum absolute atomic E-state index is 0.0430. The number of pyridine rings is 2. The van der Waals surface area contributed by atoms with Crippen molar-refractivity contribution in [3.05, 3.63) is 101 Å². The van der Waals surface area contributed by atoms with Gasteiger partial charge in [0.25, 0.3) is 11.7 Å². The Morgan fingerprint density at radius 1 is 1.03 bits per heavy atom. The van der Waals surface area contributed by atoms with Crippen molar-refractivity contribution in [3.63, 3.8) is 0 Å². The summed E-state index contributed by atoms with van der Waals surface area (Å²) in [5.41, 5.74) is 2.85. The molecule has 3 heterocycles. The highest BCUT2D eigenvalue weighted by molar-refractivity contribution is 6.46. The van der Waals surface area contributed by atoms with Crippen molar-refractivity contribution in [3.8, 4) is 0 Å². The summed E-state index contributed by atoms with van der Waals surface area (Å²) in [6, 6.07) is 15.3. The van der Waals surface area contributed by atoms with Crippen molar-refractivity contribution in [2.24, 2.45) is 0 Å². The van der Waals surface area contributed by atoms with E-state index >= 15 is 0 Å². The third kappa shape index (κ3) is 3.52. The van der Waals surface area contributed by atoms with E-state index < -0.39 is 17.7 Å². The van der Waals surface area contributed by atoms with E-state index in [1.165, 1.54) is 4.90 Å². The molecule has 0 aliphatic carbocycles. The number of hydrogen-bond acceptors (Lipinski definition) is 5. The van der Waals surface area contributed by atoms with Gasteiger partial charge in [0.1, 0.15) is 11.8 Å². The average Bonchev–Trinajstić information content (AvgIpc) is 3.00. The van der Waals surface area contributed by atoms with E-state index in [4.69, 9.17) is 0 Å². The highest BCUT2D eigenvalue weighted by Crippen LogP contribution is 2.39. The molecule has 144 valence electrons. The van der Waals surface area contributed by atoms with Crippen molar-refractivity contribution in [1.82, 2.24) is 14.9 Å². The van der Waals surface area contributed by atoms with Crippen LogP contribution in [0.4, 0.5) is 0 Å². The van der Waals surface area contributed by atoms with Gasteiger partial charge in [-0.3, -0.25) is 19.6 Å². The lowest BCUT2D eigenvalue weighted by Crippen LogP contribution is -2.29. The molecule has 0 saturated carbocycles. The number of amides is 1. The van der Waals surface area contributed by atoms with Crippen molar-refractivity contribution in [2.45, 2.75) is 19.5 Å². The summed E-state index contributed by atoms with van der Waals surface area (Å²) >= 11 is 0. The summed E-state index contributed by atoms with van der Waals surface area (Å²) in [6.45, 7) is 2.12. The molecule has 1 N–H and O–H groups in total. The number of aromatic nitrogens is 2. The van der Waals surface area contributed by atoms with Gasteiger partial charge in [-0.05, 0) is 30.7 Å². The summed E-state index contributed by atoms with van der Waals surface area (Å²) in [6.07, 6.45) is 4.89. The lowest BCUT2D eigenvalue weighted by atomic mass is 9.98. The van der Waals surface area contributed by atoms with Crippen molar-refractivity contribution < 1.29 is 14.7 Å². The molecule has 1 aromatic carbocycles. The number of nitrogens with zero attached hydrogens (tertiary/aromatic N) is 3. The Labute approximate surface area is 168 Å². The van der Waals surface area contributed by atoms with Gasteiger partial charge in [0.15, 0.2) is 0 Å². The highest BCUT2D eigenvalue weighted by Gasteiger charge is 2.46. The summed E-state index contributed by atoms with van der Waals surface area (Å²) < 4.78 is 0. The SMILES string of the molecule is Cc1ccc(/C(O)=C2\C(=O)C(=O)N(Cc3cccnc3)[C@H]2c2ccccn2)cc1. The number of hydrogen-bond donors (Lipinski definition) is 1. The van der Waals surface area contributed by atoms with Gasteiger partial charge in [-0.1, -0.05) is 42.0 Å². The lowest BCUT2D eigenvalue weighted by Gasteiger charge is -2.24. The van der Waals surface area contributed by atoms with Crippen molar-refractivity contribution in [2.75, 3.05) is 0 Å². The normalized spacial score (nSPS) is 18.2. The van der Waals surface area contributed by atoms with E-state index in [0.717, 1.165) is 11.1 Å².